The van der Waals surface area contributed by atoms with Crippen LogP contribution in [0.25, 0.3) is 0 Å². The molecular formula is C17H27NO. The van der Waals surface area contributed by atoms with Crippen molar-refractivity contribution in [1.82, 2.24) is 5.32 Å². The molecule has 2 rings (SSSR count). The molecule has 19 heavy (non-hydrogen) atoms. The van der Waals surface area contributed by atoms with E-state index in [0.717, 1.165) is 18.7 Å². The van der Waals surface area contributed by atoms with E-state index in [4.69, 9.17) is 4.74 Å². The first kappa shape index (κ1) is 14.4. The molecule has 2 unspecified atom stereocenters. The first-order chi connectivity index (χ1) is 8.94. The molecule has 0 saturated carbocycles. The molecule has 0 saturated heterocycles. The Hall–Kier alpha value is -1.02. The van der Waals surface area contributed by atoms with Gasteiger partial charge in [0.2, 0.25) is 0 Å². The number of benzene rings is 1. The largest absolute Gasteiger partial charge is 0.488 e. The highest BCUT2D eigenvalue weighted by molar-refractivity contribution is 5.40. The van der Waals surface area contributed by atoms with E-state index in [9.17, 15) is 0 Å². The van der Waals surface area contributed by atoms with E-state index in [-0.39, 0.29) is 5.60 Å². The van der Waals surface area contributed by atoms with E-state index in [0.29, 0.717) is 17.9 Å². The molecule has 0 spiro atoms. The van der Waals surface area contributed by atoms with Crippen LogP contribution < -0.4 is 10.1 Å². The number of hydrogen-bond acceptors (Lipinski definition) is 2. The number of rotatable bonds is 4. The Morgan fingerprint density at radius 3 is 2.63 bits per heavy atom. The molecule has 0 amide bonds. The molecule has 2 atom stereocenters. The van der Waals surface area contributed by atoms with E-state index in [1.807, 2.05) is 0 Å². The highest BCUT2D eigenvalue weighted by Crippen LogP contribution is 2.43. The standard InChI is InChI=1S/C17H27NO/c1-6-18-16(12(2)3)14-11-17(4,5)19-15-10-8-7-9-13(14)15/h7-10,12,14,16,18H,6,11H2,1-5H3. The second kappa shape index (κ2) is 5.54. The molecule has 0 bridgehead atoms. The fourth-order valence-corrected chi connectivity index (χ4v) is 3.26. The monoisotopic (exact) mass is 261 g/mol. The highest BCUT2D eigenvalue weighted by Gasteiger charge is 2.38. The maximum Gasteiger partial charge on any atom is 0.123 e. The SMILES string of the molecule is CCNC(C(C)C)C1CC(C)(C)Oc2ccccc21. The van der Waals surface area contributed by atoms with Gasteiger partial charge in [0.1, 0.15) is 11.4 Å². The van der Waals surface area contributed by atoms with E-state index in [1.54, 1.807) is 0 Å². The van der Waals surface area contributed by atoms with Crippen molar-refractivity contribution in [2.75, 3.05) is 6.54 Å². The van der Waals surface area contributed by atoms with Crippen LogP contribution in [-0.4, -0.2) is 18.2 Å². The second-order valence-electron chi connectivity index (χ2n) is 6.54. The van der Waals surface area contributed by atoms with Gasteiger partial charge in [-0.05, 0) is 44.4 Å². The summed E-state index contributed by atoms with van der Waals surface area (Å²) >= 11 is 0. The zero-order chi connectivity index (χ0) is 14.0. The number of ether oxygens (including phenoxy) is 1. The summed E-state index contributed by atoms with van der Waals surface area (Å²) in [6, 6.07) is 9.02. The number of nitrogens with one attached hydrogen (secondary N) is 1. The summed E-state index contributed by atoms with van der Waals surface area (Å²) in [5, 5.41) is 3.67. The van der Waals surface area contributed by atoms with Crippen molar-refractivity contribution in [2.24, 2.45) is 5.92 Å². The van der Waals surface area contributed by atoms with Crippen LogP contribution in [0.2, 0.25) is 0 Å². The van der Waals surface area contributed by atoms with Crippen molar-refractivity contribution in [3.8, 4) is 5.75 Å². The summed E-state index contributed by atoms with van der Waals surface area (Å²) < 4.78 is 6.13. The van der Waals surface area contributed by atoms with Gasteiger partial charge < -0.3 is 10.1 Å². The lowest BCUT2D eigenvalue weighted by atomic mass is 9.76. The molecule has 1 N–H and O–H groups in total. The lowest BCUT2D eigenvalue weighted by Gasteiger charge is -2.42. The van der Waals surface area contributed by atoms with Gasteiger partial charge in [-0.1, -0.05) is 39.0 Å². The number of hydrogen-bond donors (Lipinski definition) is 1. The van der Waals surface area contributed by atoms with Gasteiger partial charge in [0.15, 0.2) is 0 Å². The van der Waals surface area contributed by atoms with Crippen LogP contribution in [0.4, 0.5) is 0 Å². The van der Waals surface area contributed by atoms with Crippen LogP contribution in [0.5, 0.6) is 5.75 Å². The molecule has 0 aromatic heterocycles. The molecular weight excluding hydrogens is 234 g/mol. The van der Waals surface area contributed by atoms with Crippen LogP contribution in [0, 0.1) is 5.92 Å². The third-order valence-corrected chi connectivity index (χ3v) is 4.01. The summed E-state index contributed by atoms with van der Waals surface area (Å²) in [6.07, 6.45) is 1.07. The van der Waals surface area contributed by atoms with Crippen LogP contribution in [0.1, 0.15) is 52.5 Å². The molecule has 2 heteroatoms. The van der Waals surface area contributed by atoms with Crippen molar-refractivity contribution in [1.29, 1.82) is 0 Å². The summed E-state index contributed by atoms with van der Waals surface area (Å²) in [4.78, 5) is 0. The lowest BCUT2D eigenvalue weighted by molar-refractivity contribution is 0.0611. The Morgan fingerprint density at radius 1 is 1.32 bits per heavy atom. The Kier molecular flexibility index (Phi) is 4.19. The molecule has 0 aliphatic carbocycles. The van der Waals surface area contributed by atoms with Gasteiger partial charge in [0, 0.05) is 12.0 Å². The third kappa shape index (κ3) is 3.11. The zero-order valence-electron chi connectivity index (χ0n) is 12.9. The Bertz CT molecular complexity index is 425. The van der Waals surface area contributed by atoms with Crippen molar-refractivity contribution < 1.29 is 4.74 Å². The van der Waals surface area contributed by atoms with Crippen LogP contribution in [0.3, 0.4) is 0 Å². The van der Waals surface area contributed by atoms with Gasteiger partial charge in [0.25, 0.3) is 0 Å². The summed E-state index contributed by atoms with van der Waals surface area (Å²) in [7, 11) is 0. The second-order valence-corrected chi connectivity index (χ2v) is 6.54. The fraction of sp³-hybridized carbons (Fsp3) is 0.647. The van der Waals surface area contributed by atoms with Crippen molar-refractivity contribution in [3.63, 3.8) is 0 Å². The Labute approximate surface area is 117 Å². The van der Waals surface area contributed by atoms with Gasteiger partial charge in [-0.3, -0.25) is 0 Å². The zero-order valence-corrected chi connectivity index (χ0v) is 12.9. The molecule has 106 valence electrons. The van der Waals surface area contributed by atoms with Gasteiger partial charge in [-0.15, -0.1) is 0 Å². The number of likely N-dealkylation sites (N-methyl/N-ethyl adjacent to an activating group) is 1. The molecule has 1 aliphatic rings. The van der Waals surface area contributed by atoms with Crippen LogP contribution in [-0.2, 0) is 0 Å². The van der Waals surface area contributed by atoms with Gasteiger partial charge in [-0.2, -0.15) is 0 Å². The lowest BCUT2D eigenvalue weighted by Crippen LogP contribution is -2.45. The minimum Gasteiger partial charge on any atom is -0.488 e. The predicted molar refractivity (Wildman–Crippen MR) is 80.8 cm³/mol. The normalized spacial score (nSPS) is 22.7. The van der Waals surface area contributed by atoms with Crippen molar-refractivity contribution in [3.05, 3.63) is 29.8 Å². The maximum absolute atomic E-state index is 6.13. The van der Waals surface area contributed by atoms with Gasteiger partial charge in [0.05, 0.1) is 0 Å². The summed E-state index contributed by atoms with van der Waals surface area (Å²) in [5.74, 6) is 2.21. The average molecular weight is 261 g/mol. The minimum atomic E-state index is -0.0818. The first-order valence-corrected chi connectivity index (χ1v) is 7.46. The molecule has 1 aliphatic heterocycles. The summed E-state index contributed by atoms with van der Waals surface area (Å²) in [6.45, 7) is 12.2. The molecule has 0 radical (unpaired) electrons. The fourth-order valence-electron chi connectivity index (χ4n) is 3.26. The van der Waals surface area contributed by atoms with Gasteiger partial charge >= 0.3 is 0 Å². The average Bonchev–Trinajstić information content (AvgIpc) is 2.33. The maximum atomic E-state index is 6.13. The van der Waals surface area contributed by atoms with Crippen molar-refractivity contribution >= 4 is 0 Å². The molecule has 0 fully saturated rings. The predicted octanol–water partition coefficient (Wildman–Crippen LogP) is 3.97. The number of fused-ring (bicyclic) bond motifs is 1. The van der Waals surface area contributed by atoms with E-state index < -0.39 is 0 Å². The van der Waals surface area contributed by atoms with Crippen LogP contribution in [0.15, 0.2) is 24.3 Å². The highest BCUT2D eigenvalue weighted by atomic mass is 16.5. The summed E-state index contributed by atoms with van der Waals surface area (Å²) in [5.41, 5.74) is 1.28. The molecule has 2 nitrogen and oxygen atoms in total. The number of para-hydroxylation sites is 1. The third-order valence-electron chi connectivity index (χ3n) is 4.01. The minimum absolute atomic E-state index is 0.0818. The van der Waals surface area contributed by atoms with Gasteiger partial charge in [-0.25, -0.2) is 0 Å². The molecule has 1 aromatic rings. The van der Waals surface area contributed by atoms with E-state index in [1.165, 1.54) is 5.56 Å². The Morgan fingerprint density at radius 2 is 2.00 bits per heavy atom. The van der Waals surface area contributed by atoms with Crippen molar-refractivity contribution in [2.45, 2.75) is 58.6 Å². The van der Waals surface area contributed by atoms with Crippen LogP contribution >= 0.6 is 0 Å². The van der Waals surface area contributed by atoms with E-state index in [2.05, 4.69) is 64.2 Å². The first-order valence-electron chi connectivity index (χ1n) is 7.46. The molecule has 1 aromatic carbocycles. The molecule has 1 heterocycles. The van der Waals surface area contributed by atoms with E-state index >= 15 is 0 Å². The smallest absolute Gasteiger partial charge is 0.123 e. The Balaban J connectivity index is 2.38. The topological polar surface area (TPSA) is 21.3 Å². The quantitative estimate of drug-likeness (QED) is 0.885.